The van der Waals surface area contributed by atoms with Crippen molar-refractivity contribution >= 4 is 131 Å². The van der Waals surface area contributed by atoms with E-state index in [-0.39, 0.29) is 30.2 Å². The number of hydrogen-bond donors (Lipinski definition) is 13. The fourth-order valence-corrected chi connectivity index (χ4v) is 20.3. The number of fused-ring (bicyclic) bond motifs is 4. The summed E-state index contributed by atoms with van der Waals surface area (Å²) >= 11 is 5.64. The van der Waals surface area contributed by atoms with Crippen LogP contribution in [0.15, 0.2) is 183 Å². The van der Waals surface area contributed by atoms with Crippen molar-refractivity contribution in [2.45, 2.75) is 150 Å². The number of anilines is 4. The highest BCUT2D eigenvalue weighted by molar-refractivity contribution is 7.24. The van der Waals surface area contributed by atoms with E-state index in [1.165, 1.54) is 69.3 Å². The third-order valence-electron chi connectivity index (χ3n) is 23.5. The fraction of sp³-hybridized carbons (Fsp3) is 0.337. The molecule has 40 heteroatoms. The van der Waals surface area contributed by atoms with Gasteiger partial charge in [0.25, 0.3) is 0 Å². The van der Waals surface area contributed by atoms with E-state index in [4.69, 9.17) is 24.7 Å². The maximum atomic E-state index is 12.2. The molecule has 1 atom stereocenters. The number of amides is 8. The Morgan fingerprint density at radius 2 is 0.681 bits per heavy atom. The van der Waals surface area contributed by atoms with Gasteiger partial charge in [-0.25, -0.2) is 69.0 Å². The van der Waals surface area contributed by atoms with E-state index >= 15 is 0 Å². The Hall–Kier alpha value is -13.9. The number of benzene rings is 4. The van der Waals surface area contributed by atoms with Crippen LogP contribution in [0.4, 0.5) is 39.7 Å². The molecule has 3 saturated heterocycles. The van der Waals surface area contributed by atoms with Crippen molar-refractivity contribution < 1.29 is 49.4 Å². The fourth-order valence-electron chi connectivity index (χ4n) is 16.4. The first-order valence-corrected chi connectivity index (χ1v) is 50.9. The number of ether oxygens (including phenoxy) is 1. The topological polar surface area (TPSA) is 478 Å². The smallest absolute Gasteiger partial charge is 0.321 e. The Morgan fingerprint density at radius 3 is 0.986 bits per heavy atom. The number of carbonyl (C=O) groups excluding carboxylic acids is 4. The van der Waals surface area contributed by atoms with Gasteiger partial charge in [-0.15, -0.1) is 0 Å². The van der Waals surface area contributed by atoms with Gasteiger partial charge in [-0.1, -0.05) is 57.5 Å². The largest absolute Gasteiger partial charge is 0.392 e. The van der Waals surface area contributed by atoms with Gasteiger partial charge in [-0.05, 0) is 258 Å². The lowest BCUT2D eigenvalue weighted by Gasteiger charge is -2.26. The molecule has 0 bridgehead atoms. The van der Waals surface area contributed by atoms with Crippen LogP contribution in [0.1, 0.15) is 142 Å². The summed E-state index contributed by atoms with van der Waals surface area (Å²) in [5.41, 5.74) is 16.4. The first-order valence-electron chi connectivity index (χ1n) is 47.7. The predicted molar refractivity (Wildman–Crippen MR) is 566 cm³/mol. The molecule has 0 spiro atoms. The Labute approximate surface area is 848 Å². The van der Waals surface area contributed by atoms with Crippen molar-refractivity contribution in [2.24, 2.45) is 0 Å². The van der Waals surface area contributed by atoms with E-state index in [2.05, 4.69) is 155 Å². The molecule has 0 radical (unpaired) electrons. The van der Waals surface area contributed by atoms with Crippen LogP contribution in [0.2, 0.25) is 0 Å². The Kier molecular flexibility index (Phi) is 32.8. The highest BCUT2D eigenvalue weighted by Crippen LogP contribution is 2.45. The maximum Gasteiger partial charge on any atom is 0.321 e. The van der Waals surface area contributed by atoms with E-state index in [1.54, 1.807) is 111 Å². The van der Waals surface area contributed by atoms with Crippen molar-refractivity contribution in [1.29, 1.82) is 0 Å². The highest BCUT2D eigenvalue weighted by atomic mass is 32.1. The zero-order valence-corrected chi connectivity index (χ0v) is 85.4. The van der Waals surface area contributed by atoms with E-state index < -0.39 is 22.4 Å². The first kappa shape index (κ1) is 103. The lowest BCUT2D eigenvalue weighted by atomic mass is 9.99. The number of thiazole rings is 4. The second-order valence-electron chi connectivity index (χ2n) is 37.0. The van der Waals surface area contributed by atoms with Gasteiger partial charge in [-0.2, -0.15) is 0 Å². The van der Waals surface area contributed by atoms with E-state index in [9.17, 15) is 44.7 Å². The molecule has 746 valence electrons. The van der Waals surface area contributed by atoms with Gasteiger partial charge in [0.1, 0.15) is 22.4 Å². The zero-order chi connectivity index (χ0) is 102. The van der Waals surface area contributed by atoms with Gasteiger partial charge in [0, 0.05) is 185 Å². The van der Waals surface area contributed by atoms with E-state index in [1.807, 2.05) is 113 Å². The van der Waals surface area contributed by atoms with Crippen molar-refractivity contribution in [3.05, 3.63) is 223 Å². The van der Waals surface area contributed by atoms with Crippen LogP contribution in [0.5, 0.6) is 0 Å². The molecule has 12 aromatic heterocycles. The molecule has 36 nitrogen and oxygen atoms in total. The molecule has 3 aliphatic heterocycles. The average Bonchev–Trinajstić information content (AvgIpc) is 1.44. The summed E-state index contributed by atoms with van der Waals surface area (Å²) in [7, 11) is 0. The molecule has 19 rings (SSSR count). The van der Waals surface area contributed by atoms with Gasteiger partial charge in [-0.3, -0.25) is 60.9 Å². The number of likely N-dealkylation sites (tertiary alicyclic amines) is 2. The van der Waals surface area contributed by atoms with Gasteiger partial charge in [0.2, 0.25) is 0 Å². The third kappa shape index (κ3) is 26.4. The minimum Gasteiger partial charge on any atom is -0.392 e. The number of urea groups is 4. The molecule has 1 unspecified atom stereocenters. The summed E-state index contributed by atoms with van der Waals surface area (Å²) in [6, 6.07) is 36.8. The van der Waals surface area contributed by atoms with Crippen molar-refractivity contribution in [2.75, 3.05) is 99.9 Å². The van der Waals surface area contributed by atoms with E-state index in [0.29, 0.717) is 76.4 Å². The van der Waals surface area contributed by atoms with Crippen molar-refractivity contribution in [1.82, 2.24) is 111 Å². The molecule has 0 saturated carbocycles. The number of aliphatic hydroxyl groups is 5. The summed E-state index contributed by atoms with van der Waals surface area (Å²) in [5, 5.41) is 75.0. The number of pyridine rings is 5. The maximum absolute atomic E-state index is 12.2. The summed E-state index contributed by atoms with van der Waals surface area (Å²) in [6.45, 7) is 32.4. The number of aromatic nitrogens is 15. The minimum atomic E-state index is -1.14. The second kappa shape index (κ2) is 45.8. The first-order chi connectivity index (χ1) is 69.1. The highest BCUT2D eigenvalue weighted by Gasteiger charge is 2.29. The van der Waals surface area contributed by atoms with Crippen LogP contribution in [0.25, 0.3) is 130 Å². The Morgan fingerprint density at radius 1 is 0.354 bits per heavy atom. The van der Waals surface area contributed by atoms with Crippen molar-refractivity contribution in [3.63, 3.8) is 0 Å². The summed E-state index contributed by atoms with van der Waals surface area (Å²) in [6.07, 6.45) is 22.2. The SMILES string of the molecule is CCNC(=O)Nc1nc2cc(-c3ccc(C(C)(C)O)nc3)cc(-c3ccccn3)c2s1.CCNC(=O)Nc1nc2cc(-c3cnc(C(C)(C)O)nc3)cc(-c3cc(CN4CCC(O)C4)ccn3)c2s1.CCNC(=O)Nc1nc2cc(-c3cnc(C(C)(C)O)nc3)cc(-c3cc(CN4CCCC4)ccn3)c2s1.CCNC(=O)Nc1nc2cc(-c3cnc(C(C)(C)O)nc3)cc(-c3cc(CN4CCOCC4)ccn3)c2s1. The number of nitrogens with one attached hydrogen (secondary N) is 8. The molecule has 8 amide bonds. The molecule has 3 fully saturated rings. The molecular formula is C104H116N26O10S4. The molecule has 4 aromatic carbocycles. The molecule has 13 N–H and O–H groups in total. The van der Waals surface area contributed by atoms with Gasteiger partial charge < -0.3 is 51.5 Å². The molecular weight excluding hydrogens is 1900 g/mol. The van der Waals surface area contributed by atoms with Gasteiger partial charge in [0.15, 0.2) is 38.0 Å². The Balaban J connectivity index is 0.000000138. The molecule has 16 aromatic rings. The summed E-state index contributed by atoms with van der Waals surface area (Å²) < 4.78 is 9.19. The Bertz CT molecular complexity index is 7000. The monoisotopic (exact) mass is 2020 g/mol. The number of β-amino-alcohol motifs (C(OH)–C–C–N with tert-alkyl or cyclic N) is 1. The number of carbonyl (C=O) groups is 4. The van der Waals surface area contributed by atoms with Crippen LogP contribution >= 0.6 is 45.3 Å². The van der Waals surface area contributed by atoms with Crippen LogP contribution in [-0.2, 0) is 46.8 Å². The second-order valence-corrected chi connectivity index (χ2v) is 41.0. The quantitative estimate of drug-likeness (QED) is 0.0239. The lowest BCUT2D eigenvalue weighted by molar-refractivity contribution is 0.0342. The van der Waals surface area contributed by atoms with Crippen LogP contribution < -0.4 is 42.5 Å². The van der Waals surface area contributed by atoms with Gasteiger partial charge in [0.05, 0.1) is 88.7 Å². The number of morpholine rings is 1. The summed E-state index contributed by atoms with van der Waals surface area (Å²) in [5.74, 6) is 1.05. The average molecular weight is 2020 g/mol. The number of rotatable bonds is 26. The zero-order valence-electron chi connectivity index (χ0n) is 82.1. The third-order valence-corrected chi connectivity index (χ3v) is 27.6. The number of hydrogen-bond acceptors (Lipinski definition) is 32. The minimum absolute atomic E-state index is 0.273. The lowest BCUT2D eigenvalue weighted by Crippen LogP contribution is -2.35. The van der Waals surface area contributed by atoms with Crippen LogP contribution in [-0.4, -0.2) is 224 Å². The van der Waals surface area contributed by atoms with Crippen LogP contribution in [0.3, 0.4) is 0 Å². The standard InChI is InChI=1S/2C27H31N7O3S.C27H31N7O2S.C23H23N5O2S/c1-4-28-25(36)33-26-32-22-11-17(18-12-30-24(31-13-18)27(2,3)37)10-20(23(22)38-26)21-9-16(5-7-29-21)14-34-8-6-19(35)15-34;1-4-28-25(35)33-26-32-22-13-18(19-14-30-24(31-15-19)27(2,3)36)12-20(23(22)38-26)21-11-17(5-6-29-21)16-34-7-9-37-10-8-34;1-4-28-25(35)33-26-32-22-13-18(19-14-30-24(31-15-19)27(2,3)36)12-20(23(22)37-26)21-11-17(7-8-29-21)16-34-9-5-6-10-34;1-4-24-21(29)28-22-27-18-12-15(14-8-9-19(26-13-14)23(2,3)30)11-16(20(18)31-22)17-7-5-6-10-25-17/h5,7,9-13,19,35,37H,4,6,8,14-15H2,1-3H3,(H2,28,32,33,36);5-6,11-15,36H,4,7-10,16H2,1-3H3,(H2,28,32,33,35);7-8,11-15,36H,4-6,9-10,16H2,1-3H3,(H2,28,32,33,35);5-13,30H,4H2,1-3H3,(H2,24,27,28,29). The molecule has 144 heavy (non-hydrogen) atoms. The molecule has 0 aliphatic carbocycles. The molecule has 15 heterocycles. The normalized spacial score (nSPS) is 14.2. The number of aliphatic hydroxyl groups excluding tert-OH is 1. The van der Waals surface area contributed by atoms with E-state index in [0.717, 1.165) is 208 Å². The predicted octanol–water partition coefficient (Wildman–Crippen LogP) is 17.3. The number of nitrogens with zero attached hydrogens (tertiary/aromatic N) is 18. The summed E-state index contributed by atoms with van der Waals surface area (Å²) in [4.78, 5) is 123. The van der Waals surface area contributed by atoms with Crippen molar-refractivity contribution in [3.8, 4) is 89.5 Å². The van der Waals surface area contributed by atoms with Crippen LogP contribution in [0, 0.1) is 0 Å². The van der Waals surface area contributed by atoms with Gasteiger partial charge >= 0.3 is 24.1 Å². The molecule has 3 aliphatic rings.